The summed E-state index contributed by atoms with van der Waals surface area (Å²) in [6.45, 7) is 5.40. The van der Waals surface area contributed by atoms with E-state index in [-0.39, 0.29) is 0 Å². The fourth-order valence-corrected chi connectivity index (χ4v) is 1.46. The van der Waals surface area contributed by atoms with Gasteiger partial charge >= 0.3 is 0 Å². The number of allylic oxidation sites excluding steroid dienone is 1. The first-order valence-corrected chi connectivity index (χ1v) is 6.25. The van der Waals surface area contributed by atoms with Crippen molar-refractivity contribution in [2.24, 2.45) is 0 Å². The Morgan fingerprint density at radius 1 is 1.21 bits per heavy atom. The average Bonchev–Trinajstić information content (AvgIpc) is 2.45. The molecule has 0 aromatic heterocycles. The molecule has 1 aromatic carbocycles. The molecule has 0 saturated carbocycles. The zero-order valence-corrected chi connectivity index (χ0v) is 11.4. The molecule has 0 fully saturated rings. The van der Waals surface area contributed by atoms with Crippen LogP contribution in [0.25, 0.3) is 0 Å². The molecular weight excluding hydrogens is 240 g/mol. The molecular formula is C16H20O3. The Bertz CT molecular complexity index is 415. The number of rotatable bonds is 9. The maximum atomic E-state index is 5.59. The summed E-state index contributed by atoms with van der Waals surface area (Å²) in [5, 5.41) is 0. The topological polar surface area (TPSA) is 27.7 Å². The van der Waals surface area contributed by atoms with Gasteiger partial charge in [0.05, 0.1) is 19.8 Å². The van der Waals surface area contributed by atoms with Gasteiger partial charge in [0.25, 0.3) is 0 Å². The van der Waals surface area contributed by atoms with Crippen LogP contribution in [0, 0.1) is 12.3 Å². The largest absolute Gasteiger partial charge is 0.493 e. The highest BCUT2D eigenvalue weighted by molar-refractivity contribution is 5.27. The van der Waals surface area contributed by atoms with Crippen LogP contribution in [0.2, 0.25) is 0 Å². The standard InChI is InChI=1S/C16H20O3/c1-4-14(2)18-11-5-12-19-16-8-6-15(7-9-16)10-13-17-3/h1,6-9H,2,5,10-13H2,3H3. The monoisotopic (exact) mass is 260 g/mol. The second kappa shape index (κ2) is 9.07. The van der Waals surface area contributed by atoms with Crippen molar-refractivity contribution < 1.29 is 14.2 Å². The number of hydrogen-bond acceptors (Lipinski definition) is 3. The first-order chi connectivity index (χ1) is 9.26. The minimum Gasteiger partial charge on any atom is -0.493 e. The molecule has 0 bridgehead atoms. The van der Waals surface area contributed by atoms with Crippen LogP contribution in [0.4, 0.5) is 0 Å². The van der Waals surface area contributed by atoms with Crippen LogP contribution >= 0.6 is 0 Å². The fourth-order valence-electron chi connectivity index (χ4n) is 1.46. The molecule has 0 aliphatic rings. The van der Waals surface area contributed by atoms with Crippen molar-refractivity contribution in [3.63, 3.8) is 0 Å². The van der Waals surface area contributed by atoms with Gasteiger partial charge in [-0.15, -0.1) is 6.42 Å². The highest BCUT2D eigenvalue weighted by Gasteiger charge is 1.96. The van der Waals surface area contributed by atoms with E-state index in [0.29, 0.717) is 19.0 Å². The highest BCUT2D eigenvalue weighted by Crippen LogP contribution is 2.13. The van der Waals surface area contributed by atoms with Crippen LogP contribution in [0.15, 0.2) is 36.6 Å². The van der Waals surface area contributed by atoms with E-state index in [2.05, 4.69) is 12.5 Å². The van der Waals surface area contributed by atoms with E-state index >= 15 is 0 Å². The summed E-state index contributed by atoms with van der Waals surface area (Å²) >= 11 is 0. The van der Waals surface area contributed by atoms with E-state index in [1.165, 1.54) is 5.56 Å². The Morgan fingerprint density at radius 2 is 1.95 bits per heavy atom. The number of hydrogen-bond donors (Lipinski definition) is 0. The van der Waals surface area contributed by atoms with Gasteiger partial charge in [0.2, 0.25) is 0 Å². The summed E-state index contributed by atoms with van der Waals surface area (Å²) in [4.78, 5) is 0. The lowest BCUT2D eigenvalue weighted by Gasteiger charge is -2.08. The van der Waals surface area contributed by atoms with E-state index in [9.17, 15) is 0 Å². The minimum atomic E-state index is 0.363. The summed E-state index contributed by atoms with van der Waals surface area (Å²) in [6, 6.07) is 8.02. The lowest BCUT2D eigenvalue weighted by atomic mass is 10.1. The van der Waals surface area contributed by atoms with Gasteiger partial charge in [0.15, 0.2) is 5.76 Å². The normalized spacial score (nSPS) is 9.68. The summed E-state index contributed by atoms with van der Waals surface area (Å²) in [5.74, 6) is 3.55. The minimum absolute atomic E-state index is 0.363. The molecule has 1 aromatic rings. The third kappa shape index (κ3) is 6.54. The molecule has 0 aliphatic heterocycles. The molecule has 0 saturated heterocycles. The zero-order chi connectivity index (χ0) is 13.9. The molecule has 1 rings (SSSR count). The highest BCUT2D eigenvalue weighted by atomic mass is 16.5. The van der Waals surface area contributed by atoms with E-state index in [4.69, 9.17) is 20.6 Å². The third-order valence-electron chi connectivity index (χ3n) is 2.51. The van der Waals surface area contributed by atoms with Gasteiger partial charge in [0, 0.05) is 13.5 Å². The predicted octanol–water partition coefficient (Wildman–Crippen LogP) is 2.81. The number of methoxy groups -OCH3 is 1. The van der Waals surface area contributed by atoms with E-state index < -0.39 is 0 Å². The second-order valence-corrected chi connectivity index (χ2v) is 4.00. The molecule has 3 heteroatoms. The molecule has 0 spiro atoms. The molecule has 0 N–H and O–H groups in total. The van der Waals surface area contributed by atoms with Crippen LogP contribution in [0.3, 0.4) is 0 Å². The molecule has 0 atom stereocenters. The molecule has 19 heavy (non-hydrogen) atoms. The summed E-state index contributed by atoms with van der Waals surface area (Å²) in [6.07, 6.45) is 6.80. The molecule has 0 aliphatic carbocycles. The summed E-state index contributed by atoms with van der Waals surface area (Å²) in [5.41, 5.74) is 1.24. The van der Waals surface area contributed by atoms with Gasteiger partial charge in [-0.3, -0.25) is 0 Å². The van der Waals surface area contributed by atoms with Crippen molar-refractivity contribution in [1.29, 1.82) is 0 Å². The van der Waals surface area contributed by atoms with Crippen LogP contribution in [-0.2, 0) is 15.9 Å². The first kappa shape index (κ1) is 15.1. The quantitative estimate of drug-likeness (QED) is 0.388. The van der Waals surface area contributed by atoms with Crippen LogP contribution in [0.1, 0.15) is 12.0 Å². The second-order valence-electron chi connectivity index (χ2n) is 4.00. The van der Waals surface area contributed by atoms with E-state index in [1.54, 1.807) is 7.11 Å². The fraction of sp³-hybridized carbons (Fsp3) is 0.375. The van der Waals surface area contributed by atoms with Crippen molar-refractivity contribution in [1.82, 2.24) is 0 Å². The van der Waals surface area contributed by atoms with Crippen LogP contribution in [0.5, 0.6) is 5.75 Å². The maximum Gasteiger partial charge on any atom is 0.162 e. The van der Waals surface area contributed by atoms with Crippen molar-refractivity contribution in [3.05, 3.63) is 42.2 Å². The van der Waals surface area contributed by atoms with E-state index in [1.807, 2.05) is 24.3 Å². The SMILES string of the molecule is C#CC(=C)OCCCOc1ccc(CCOC)cc1. The lowest BCUT2D eigenvalue weighted by molar-refractivity contribution is 0.195. The lowest BCUT2D eigenvalue weighted by Crippen LogP contribution is -2.02. The van der Waals surface area contributed by atoms with Gasteiger partial charge in [-0.25, -0.2) is 0 Å². The third-order valence-corrected chi connectivity index (χ3v) is 2.51. The first-order valence-electron chi connectivity index (χ1n) is 6.25. The Labute approximate surface area is 115 Å². The van der Waals surface area contributed by atoms with Crippen LogP contribution in [-0.4, -0.2) is 26.9 Å². The number of benzene rings is 1. The van der Waals surface area contributed by atoms with Gasteiger partial charge < -0.3 is 14.2 Å². The van der Waals surface area contributed by atoms with Crippen molar-refractivity contribution in [3.8, 4) is 18.1 Å². The van der Waals surface area contributed by atoms with Gasteiger partial charge in [0.1, 0.15) is 5.75 Å². The molecule has 0 amide bonds. The van der Waals surface area contributed by atoms with E-state index in [0.717, 1.165) is 25.2 Å². The Morgan fingerprint density at radius 3 is 2.58 bits per heavy atom. The maximum absolute atomic E-state index is 5.59. The number of ether oxygens (including phenoxy) is 3. The van der Waals surface area contributed by atoms with Crippen molar-refractivity contribution >= 4 is 0 Å². The zero-order valence-electron chi connectivity index (χ0n) is 11.4. The molecule has 3 nitrogen and oxygen atoms in total. The van der Waals surface area contributed by atoms with Gasteiger partial charge in [-0.2, -0.15) is 0 Å². The van der Waals surface area contributed by atoms with Gasteiger partial charge in [-0.05, 0) is 36.6 Å². The number of terminal acetylenes is 1. The smallest absolute Gasteiger partial charge is 0.162 e. The summed E-state index contributed by atoms with van der Waals surface area (Å²) < 4.78 is 15.8. The van der Waals surface area contributed by atoms with Crippen molar-refractivity contribution in [2.75, 3.05) is 26.9 Å². The predicted molar refractivity (Wildman–Crippen MR) is 76.1 cm³/mol. The Hall–Kier alpha value is -1.92. The Balaban J connectivity index is 2.19. The molecule has 0 radical (unpaired) electrons. The molecule has 102 valence electrons. The molecule has 0 unspecified atom stereocenters. The average molecular weight is 260 g/mol. The molecule has 0 heterocycles. The Kier molecular flexibility index (Phi) is 7.23. The van der Waals surface area contributed by atoms with Crippen molar-refractivity contribution in [2.45, 2.75) is 12.8 Å². The van der Waals surface area contributed by atoms with Crippen LogP contribution < -0.4 is 4.74 Å². The van der Waals surface area contributed by atoms with Gasteiger partial charge in [-0.1, -0.05) is 12.1 Å². The summed E-state index contributed by atoms with van der Waals surface area (Å²) in [7, 11) is 1.70.